The van der Waals surface area contributed by atoms with Crippen LogP contribution in [0.4, 0.5) is 0 Å². The quantitative estimate of drug-likeness (QED) is 0.800. The van der Waals surface area contributed by atoms with Crippen LogP contribution in [0.1, 0.15) is 44.0 Å². The van der Waals surface area contributed by atoms with E-state index in [0.717, 1.165) is 27.4 Å². The van der Waals surface area contributed by atoms with E-state index >= 15 is 0 Å². The molecule has 0 saturated heterocycles. The smallest absolute Gasteiger partial charge is 0.165 e. The van der Waals surface area contributed by atoms with Crippen LogP contribution < -0.4 is 0 Å². The Morgan fingerprint density at radius 1 is 1.33 bits per heavy atom. The van der Waals surface area contributed by atoms with Gasteiger partial charge < -0.3 is 4.98 Å². The van der Waals surface area contributed by atoms with E-state index in [1.54, 1.807) is 0 Å². The molecule has 1 aromatic heterocycles. The molecule has 0 spiro atoms. The Balaban J connectivity index is 2.29. The van der Waals surface area contributed by atoms with Crippen molar-refractivity contribution in [3.05, 3.63) is 34.4 Å². The minimum atomic E-state index is 0.193. The number of carbonyl (C=O) groups is 1. The first-order valence-corrected chi connectivity index (χ1v) is 6.96. The number of rotatable bonds is 3. The molecule has 1 N–H and O–H groups in total. The molecule has 0 bridgehead atoms. The average Bonchev–Trinajstić information content (AvgIpc) is 2.70. The van der Waals surface area contributed by atoms with Gasteiger partial charge in [-0.3, -0.25) is 4.79 Å². The Morgan fingerprint density at radius 3 is 2.72 bits per heavy atom. The van der Waals surface area contributed by atoms with Crippen molar-refractivity contribution in [1.82, 2.24) is 4.98 Å². The van der Waals surface area contributed by atoms with Crippen LogP contribution in [-0.4, -0.2) is 10.8 Å². The number of halogens is 1. The molecule has 0 aliphatic rings. The van der Waals surface area contributed by atoms with Gasteiger partial charge in [0.05, 0.1) is 0 Å². The first-order valence-electron chi connectivity index (χ1n) is 6.17. The zero-order valence-electron chi connectivity index (χ0n) is 11.0. The number of hydrogen-bond acceptors (Lipinski definition) is 1. The molecule has 1 heterocycles. The molecule has 0 aliphatic heterocycles. The van der Waals surface area contributed by atoms with E-state index in [1.165, 1.54) is 0 Å². The van der Waals surface area contributed by atoms with Crippen LogP contribution in [0.2, 0.25) is 0 Å². The van der Waals surface area contributed by atoms with Crippen LogP contribution >= 0.6 is 15.9 Å². The Morgan fingerprint density at radius 2 is 2.06 bits per heavy atom. The standard InChI is InChI=1S/C15H18BrNO/c1-15(2,3)8-7-13(18)10-9-17-12-6-4-5-11(16)14(10)12/h4-6,9,17H,7-8H2,1-3H3. The number of aromatic amines is 1. The molecule has 2 rings (SSSR count). The summed E-state index contributed by atoms with van der Waals surface area (Å²) in [5, 5.41) is 0.997. The van der Waals surface area contributed by atoms with Gasteiger partial charge in [-0.25, -0.2) is 0 Å². The van der Waals surface area contributed by atoms with E-state index in [9.17, 15) is 4.79 Å². The Bertz CT molecular complexity index is 578. The van der Waals surface area contributed by atoms with Gasteiger partial charge in [0, 0.05) is 33.6 Å². The van der Waals surface area contributed by atoms with Gasteiger partial charge in [-0.2, -0.15) is 0 Å². The van der Waals surface area contributed by atoms with Crippen LogP contribution in [0.3, 0.4) is 0 Å². The molecule has 0 atom stereocenters. The monoisotopic (exact) mass is 307 g/mol. The molecule has 2 nitrogen and oxygen atoms in total. The summed E-state index contributed by atoms with van der Waals surface area (Å²) in [6, 6.07) is 5.92. The maximum atomic E-state index is 12.3. The van der Waals surface area contributed by atoms with Gasteiger partial charge >= 0.3 is 0 Å². The summed E-state index contributed by atoms with van der Waals surface area (Å²) >= 11 is 3.51. The highest BCUT2D eigenvalue weighted by Crippen LogP contribution is 2.29. The molecular formula is C15H18BrNO. The van der Waals surface area contributed by atoms with Gasteiger partial charge in [0.15, 0.2) is 5.78 Å². The van der Waals surface area contributed by atoms with Crippen LogP contribution in [0.5, 0.6) is 0 Å². The summed E-state index contributed by atoms with van der Waals surface area (Å²) in [5.41, 5.74) is 1.99. The molecule has 0 fully saturated rings. The van der Waals surface area contributed by atoms with Crippen molar-refractivity contribution in [2.45, 2.75) is 33.6 Å². The van der Waals surface area contributed by atoms with Crippen LogP contribution in [0.25, 0.3) is 10.9 Å². The first kappa shape index (κ1) is 13.3. The summed E-state index contributed by atoms with van der Waals surface area (Å²) in [6.45, 7) is 6.47. The molecule has 0 aliphatic carbocycles. The fraction of sp³-hybridized carbons (Fsp3) is 0.400. The second-order valence-corrected chi connectivity index (χ2v) is 6.70. The molecule has 96 valence electrons. The predicted octanol–water partition coefficient (Wildman–Crippen LogP) is 4.94. The van der Waals surface area contributed by atoms with E-state index in [-0.39, 0.29) is 11.2 Å². The number of aromatic nitrogens is 1. The fourth-order valence-corrected chi connectivity index (χ4v) is 2.56. The Kier molecular flexibility index (Phi) is 3.62. The second-order valence-electron chi connectivity index (χ2n) is 5.85. The van der Waals surface area contributed by atoms with E-state index in [2.05, 4.69) is 41.7 Å². The largest absolute Gasteiger partial charge is 0.360 e. The van der Waals surface area contributed by atoms with Gasteiger partial charge in [0.1, 0.15) is 0 Å². The third kappa shape index (κ3) is 2.83. The number of ketones is 1. The van der Waals surface area contributed by atoms with Gasteiger partial charge in [0.2, 0.25) is 0 Å². The number of Topliss-reactive ketones (excluding diaryl/α,β-unsaturated/α-hetero) is 1. The maximum Gasteiger partial charge on any atom is 0.165 e. The zero-order valence-corrected chi connectivity index (χ0v) is 12.6. The summed E-state index contributed by atoms with van der Waals surface area (Å²) < 4.78 is 0.973. The zero-order chi connectivity index (χ0) is 13.3. The van der Waals surface area contributed by atoms with Crippen molar-refractivity contribution < 1.29 is 4.79 Å². The van der Waals surface area contributed by atoms with E-state index in [4.69, 9.17) is 0 Å². The van der Waals surface area contributed by atoms with Crippen molar-refractivity contribution in [3.8, 4) is 0 Å². The lowest BCUT2D eigenvalue weighted by molar-refractivity contribution is 0.0967. The minimum absolute atomic E-state index is 0.193. The molecule has 0 radical (unpaired) electrons. The molecule has 3 heteroatoms. The van der Waals surface area contributed by atoms with E-state index in [1.807, 2.05) is 24.4 Å². The summed E-state index contributed by atoms with van der Waals surface area (Å²) in [6.07, 6.45) is 3.32. The van der Waals surface area contributed by atoms with Crippen LogP contribution in [0.15, 0.2) is 28.9 Å². The normalized spacial score (nSPS) is 12.0. The van der Waals surface area contributed by atoms with Gasteiger partial charge in [-0.15, -0.1) is 0 Å². The highest BCUT2D eigenvalue weighted by Gasteiger charge is 2.17. The summed E-state index contributed by atoms with van der Waals surface area (Å²) in [4.78, 5) is 15.4. The number of H-pyrrole nitrogens is 1. The number of carbonyl (C=O) groups excluding carboxylic acids is 1. The third-order valence-electron chi connectivity index (χ3n) is 3.06. The van der Waals surface area contributed by atoms with Crippen molar-refractivity contribution in [2.24, 2.45) is 5.41 Å². The highest BCUT2D eigenvalue weighted by atomic mass is 79.9. The van der Waals surface area contributed by atoms with Gasteiger partial charge in [-0.05, 0) is 24.0 Å². The fourth-order valence-electron chi connectivity index (χ4n) is 1.98. The number of benzene rings is 1. The van der Waals surface area contributed by atoms with Crippen molar-refractivity contribution in [3.63, 3.8) is 0 Å². The lowest BCUT2D eigenvalue weighted by Gasteiger charge is -2.16. The molecule has 1 aromatic carbocycles. The molecule has 0 amide bonds. The van der Waals surface area contributed by atoms with E-state index in [0.29, 0.717) is 6.42 Å². The number of nitrogens with one attached hydrogen (secondary N) is 1. The topological polar surface area (TPSA) is 32.9 Å². The van der Waals surface area contributed by atoms with Crippen molar-refractivity contribution in [1.29, 1.82) is 0 Å². The second kappa shape index (κ2) is 4.88. The molecule has 0 saturated carbocycles. The first-order chi connectivity index (χ1) is 8.38. The lowest BCUT2D eigenvalue weighted by atomic mass is 9.88. The SMILES string of the molecule is CC(C)(C)CCC(=O)c1c[nH]c2cccc(Br)c12. The molecule has 0 unspecified atom stereocenters. The minimum Gasteiger partial charge on any atom is -0.360 e. The van der Waals surface area contributed by atoms with Crippen molar-refractivity contribution in [2.75, 3.05) is 0 Å². The Hall–Kier alpha value is -1.09. The molecular weight excluding hydrogens is 290 g/mol. The van der Waals surface area contributed by atoms with E-state index < -0.39 is 0 Å². The maximum absolute atomic E-state index is 12.3. The summed E-state index contributed by atoms with van der Waals surface area (Å²) in [5.74, 6) is 0.211. The molecule has 2 aromatic rings. The predicted molar refractivity (Wildman–Crippen MR) is 79.0 cm³/mol. The highest BCUT2D eigenvalue weighted by molar-refractivity contribution is 9.10. The third-order valence-corrected chi connectivity index (χ3v) is 3.72. The summed E-state index contributed by atoms with van der Waals surface area (Å²) in [7, 11) is 0. The van der Waals surface area contributed by atoms with Crippen LogP contribution in [-0.2, 0) is 0 Å². The average molecular weight is 308 g/mol. The Labute approximate surface area is 116 Å². The molecule has 18 heavy (non-hydrogen) atoms. The lowest BCUT2D eigenvalue weighted by Crippen LogP contribution is -2.08. The van der Waals surface area contributed by atoms with Crippen LogP contribution in [0, 0.1) is 5.41 Å². The van der Waals surface area contributed by atoms with Crippen molar-refractivity contribution >= 4 is 32.6 Å². The number of hydrogen-bond donors (Lipinski definition) is 1. The number of fused-ring (bicyclic) bond motifs is 1. The van der Waals surface area contributed by atoms with Gasteiger partial charge in [-0.1, -0.05) is 42.8 Å². The van der Waals surface area contributed by atoms with Gasteiger partial charge in [0.25, 0.3) is 0 Å².